The number of carbonyl (C=O) groups is 1. The van der Waals surface area contributed by atoms with E-state index < -0.39 is 5.97 Å². The molecule has 118 valence electrons. The number of rotatable bonds is 3. The number of nitriles is 1. The Morgan fingerprint density at radius 2 is 2.09 bits per heavy atom. The number of carboxylic acid groups (broad SMARTS) is 1. The fourth-order valence-electron chi connectivity index (χ4n) is 3.24. The minimum atomic E-state index is -0.703. The molecule has 1 heterocycles. The molecule has 3 rings (SSSR count). The predicted octanol–water partition coefficient (Wildman–Crippen LogP) is 3.47. The Morgan fingerprint density at radius 1 is 1.35 bits per heavy atom. The number of hydrogen-bond donors (Lipinski definition) is 2. The molecule has 0 atom stereocenters. The predicted molar refractivity (Wildman–Crippen MR) is 88.2 cm³/mol. The molecule has 23 heavy (non-hydrogen) atoms. The van der Waals surface area contributed by atoms with Crippen molar-refractivity contribution < 1.29 is 9.90 Å². The zero-order valence-corrected chi connectivity index (χ0v) is 13.0. The van der Waals surface area contributed by atoms with Gasteiger partial charge in [-0.05, 0) is 44.7 Å². The van der Waals surface area contributed by atoms with E-state index in [1.165, 1.54) is 0 Å². The van der Waals surface area contributed by atoms with Gasteiger partial charge in [-0.3, -0.25) is 9.78 Å². The van der Waals surface area contributed by atoms with E-state index >= 15 is 0 Å². The number of pyridine rings is 1. The molecule has 0 unspecified atom stereocenters. The molecule has 0 amide bonds. The largest absolute Gasteiger partial charge is 0.481 e. The molecule has 0 bridgehead atoms. The fourth-order valence-corrected chi connectivity index (χ4v) is 3.24. The Labute approximate surface area is 135 Å². The highest BCUT2D eigenvalue weighted by atomic mass is 16.4. The highest BCUT2D eigenvalue weighted by Gasteiger charge is 2.26. The van der Waals surface area contributed by atoms with Crippen molar-refractivity contribution in [2.45, 2.75) is 38.6 Å². The number of aromatic nitrogens is 1. The lowest BCUT2D eigenvalue weighted by molar-refractivity contribution is -0.142. The van der Waals surface area contributed by atoms with Gasteiger partial charge in [0.15, 0.2) is 0 Å². The lowest BCUT2D eigenvalue weighted by Gasteiger charge is -2.28. The summed E-state index contributed by atoms with van der Waals surface area (Å²) in [5, 5.41) is 22.9. The van der Waals surface area contributed by atoms with Gasteiger partial charge < -0.3 is 10.4 Å². The smallest absolute Gasteiger partial charge is 0.306 e. The molecule has 1 aliphatic carbocycles. The third-order valence-electron chi connectivity index (χ3n) is 4.57. The fraction of sp³-hybridized carbons (Fsp3) is 0.389. The maximum absolute atomic E-state index is 11.1. The third kappa shape index (κ3) is 3.11. The van der Waals surface area contributed by atoms with E-state index in [-0.39, 0.29) is 12.0 Å². The van der Waals surface area contributed by atoms with E-state index in [0.717, 1.165) is 35.0 Å². The van der Waals surface area contributed by atoms with Gasteiger partial charge in [-0.1, -0.05) is 11.6 Å². The van der Waals surface area contributed by atoms with Crippen molar-refractivity contribution in [2.75, 3.05) is 5.32 Å². The second kappa shape index (κ2) is 6.25. The summed E-state index contributed by atoms with van der Waals surface area (Å²) < 4.78 is 0. The Hall–Kier alpha value is -2.61. The van der Waals surface area contributed by atoms with Gasteiger partial charge >= 0.3 is 5.97 Å². The zero-order chi connectivity index (χ0) is 16.4. The quantitative estimate of drug-likeness (QED) is 0.906. The summed E-state index contributed by atoms with van der Waals surface area (Å²) in [6.45, 7) is 2.01. The number of aliphatic carboxylic acids is 1. The first-order valence-electron chi connectivity index (χ1n) is 7.87. The van der Waals surface area contributed by atoms with Crippen molar-refractivity contribution in [3.63, 3.8) is 0 Å². The van der Waals surface area contributed by atoms with Crippen LogP contribution in [0.5, 0.6) is 0 Å². The van der Waals surface area contributed by atoms with Crippen molar-refractivity contribution in [3.05, 3.63) is 35.5 Å². The van der Waals surface area contributed by atoms with Crippen LogP contribution in [0.1, 0.15) is 36.8 Å². The first-order valence-corrected chi connectivity index (χ1v) is 7.87. The van der Waals surface area contributed by atoms with Gasteiger partial charge in [0.25, 0.3) is 0 Å². The van der Waals surface area contributed by atoms with Crippen LogP contribution in [0.15, 0.2) is 24.4 Å². The zero-order valence-electron chi connectivity index (χ0n) is 13.0. The summed E-state index contributed by atoms with van der Waals surface area (Å²) in [6.07, 6.45) is 4.56. The van der Waals surface area contributed by atoms with E-state index in [1.54, 1.807) is 6.20 Å². The molecule has 1 fully saturated rings. The Kier molecular flexibility index (Phi) is 4.16. The highest BCUT2D eigenvalue weighted by Crippen LogP contribution is 2.31. The molecule has 5 heteroatoms. The van der Waals surface area contributed by atoms with Crippen LogP contribution in [0.2, 0.25) is 0 Å². The van der Waals surface area contributed by atoms with Crippen molar-refractivity contribution in [1.29, 1.82) is 5.26 Å². The maximum Gasteiger partial charge on any atom is 0.306 e. The van der Waals surface area contributed by atoms with Gasteiger partial charge in [0.05, 0.1) is 22.7 Å². The molecule has 5 nitrogen and oxygen atoms in total. The minimum absolute atomic E-state index is 0.198. The number of nitrogens with one attached hydrogen (secondary N) is 1. The summed E-state index contributed by atoms with van der Waals surface area (Å²) in [5.41, 5.74) is 3.33. The van der Waals surface area contributed by atoms with Gasteiger partial charge in [0, 0.05) is 17.6 Å². The molecule has 0 aliphatic heterocycles. The average molecular weight is 309 g/mol. The number of anilines is 1. The molecule has 1 aromatic carbocycles. The van der Waals surface area contributed by atoms with Gasteiger partial charge in [0.1, 0.15) is 6.07 Å². The van der Waals surface area contributed by atoms with Crippen LogP contribution < -0.4 is 5.32 Å². The van der Waals surface area contributed by atoms with Gasteiger partial charge in [0.2, 0.25) is 0 Å². The van der Waals surface area contributed by atoms with Gasteiger partial charge in [-0.15, -0.1) is 0 Å². The number of nitrogens with zero attached hydrogens (tertiary/aromatic N) is 2. The molecular weight excluding hydrogens is 290 g/mol. The Morgan fingerprint density at radius 3 is 2.74 bits per heavy atom. The molecule has 0 saturated heterocycles. The Bertz CT molecular complexity index is 787. The standard InChI is InChI=1S/C18H19N3O2/c1-11-2-7-16-15(8-11)17(13(9-19)10-20-16)21-14-5-3-12(4-6-14)18(22)23/h2,7-8,10,12,14H,3-6H2,1H3,(H,20,21)(H,22,23). The molecule has 2 aromatic rings. The molecule has 0 radical (unpaired) electrons. The van der Waals surface area contributed by atoms with Crippen molar-refractivity contribution >= 4 is 22.6 Å². The van der Waals surface area contributed by atoms with Gasteiger partial charge in [-0.25, -0.2) is 0 Å². The van der Waals surface area contributed by atoms with Crippen LogP contribution in [-0.4, -0.2) is 22.1 Å². The number of fused-ring (bicyclic) bond motifs is 1. The van der Waals surface area contributed by atoms with Crippen LogP contribution in [0, 0.1) is 24.2 Å². The van der Waals surface area contributed by atoms with Crippen LogP contribution >= 0.6 is 0 Å². The van der Waals surface area contributed by atoms with E-state index in [2.05, 4.69) is 16.4 Å². The maximum atomic E-state index is 11.1. The number of carboxylic acids is 1. The van der Waals surface area contributed by atoms with Gasteiger partial charge in [-0.2, -0.15) is 5.26 Å². The third-order valence-corrected chi connectivity index (χ3v) is 4.57. The molecule has 1 saturated carbocycles. The SMILES string of the molecule is Cc1ccc2ncc(C#N)c(NC3CCC(C(=O)O)CC3)c2c1. The first kappa shape index (κ1) is 15.3. The molecule has 1 aliphatic rings. The summed E-state index contributed by atoms with van der Waals surface area (Å²) in [4.78, 5) is 15.4. The summed E-state index contributed by atoms with van der Waals surface area (Å²) in [5.74, 6) is -0.939. The van der Waals surface area contributed by atoms with Crippen LogP contribution in [0.25, 0.3) is 10.9 Å². The van der Waals surface area contributed by atoms with E-state index in [1.807, 2.05) is 25.1 Å². The van der Waals surface area contributed by atoms with Crippen molar-refractivity contribution in [3.8, 4) is 6.07 Å². The molecule has 0 spiro atoms. The topological polar surface area (TPSA) is 86.0 Å². The summed E-state index contributed by atoms with van der Waals surface area (Å²) >= 11 is 0. The average Bonchev–Trinajstić information content (AvgIpc) is 2.56. The minimum Gasteiger partial charge on any atom is -0.481 e. The van der Waals surface area contributed by atoms with Crippen LogP contribution in [-0.2, 0) is 4.79 Å². The second-order valence-corrected chi connectivity index (χ2v) is 6.21. The second-order valence-electron chi connectivity index (χ2n) is 6.21. The van der Waals surface area contributed by atoms with E-state index in [9.17, 15) is 10.1 Å². The first-order chi connectivity index (χ1) is 11.1. The van der Waals surface area contributed by atoms with Crippen LogP contribution in [0.3, 0.4) is 0 Å². The number of benzene rings is 1. The lowest BCUT2D eigenvalue weighted by atomic mass is 9.86. The molecule has 2 N–H and O–H groups in total. The molecular formula is C18H19N3O2. The summed E-state index contributed by atoms with van der Waals surface area (Å²) in [7, 11) is 0. The lowest BCUT2D eigenvalue weighted by Crippen LogP contribution is -2.29. The normalized spacial score (nSPS) is 20.9. The highest BCUT2D eigenvalue weighted by molar-refractivity contribution is 5.94. The number of hydrogen-bond acceptors (Lipinski definition) is 4. The van der Waals surface area contributed by atoms with Crippen molar-refractivity contribution in [2.24, 2.45) is 5.92 Å². The molecule has 1 aromatic heterocycles. The van der Waals surface area contributed by atoms with Crippen LogP contribution in [0.4, 0.5) is 5.69 Å². The van der Waals surface area contributed by atoms with Crippen molar-refractivity contribution in [1.82, 2.24) is 4.98 Å². The monoisotopic (exact) mass is 309 g/mol. The van der Waals surface area contributed by atoms with E-state index in [4.69, 9.17) is 5.11 Å². The van der Waals surface area contributed by atoms with E-state index in [0.29, 0.717) is 18.4 Å². The summed E-state index contributed by atoms with van der Waals surface area (Å²) in [6, 6.07) is 8.40. The Balaban J connectivity index is 1.89. The number of aryl methyl sites for hydroxylation is 1.